The smallest absolute Gasteiger partial charge is 0.0346 e. The molecule has 1 aliphatic rings. The molecule has 0 spiro atoms. The van der Waals surface area contributed by atoms with Gasteiger partial charge in [0.1, 0.15) is 0 Å². The maximum absolute atomic E-state index is 6.29. The fraction of sp³-hybridized carbons (Fsp3) is 0.0723. The van der Waals surface area contributed by atoms with Gasteiger partial charge >= 0.3 is 57.6 Å². The number of halogens is 5. The summed E-state index contributed by atoms with van der Waals surface area (Å²) in [5, 5.41) is 0. The normalized spacial score (nSPS) is 12.5. The molecule has 0 saturated carbocycles. The van der Waals surface area contributed by atoms with Crippen molar-refractivity contribution in [1.29, 1.82) is 0 Å². The van der Waals surface area contributed by atoms with Gasteiger partial charge in [0.05, 0.1) is 11.2 Å². The van der Waals surface area contributed by atoms with Gasteiger partial charge < -0.3 is 14.8 Å². The molecule has 0 bridgehead atoms. The van der Waals surface area contributed by atoms with Crippen LogP contribution in [0.15, 0.2) is 326 Å². The first kappa shape index (κ1) is 72.0. The van der Waals surface area contributed by atoms with Crippen LogP contribution in [0.3, 0.4) is 0 Å². The molecule has 10 nitrogen and oxygen atoms in total. The molecule has 0 amide bonds. The van der Waals surface area contributed by atoms with Crippen LogP contribution in [-0.2, 0) is 9.31 Å². The van der Waals surface area contributed by atoms with E-state index in [1.165, 1.54) is 11.1 Å². The third-order valence-corrected chi connectivity index (χ3v) is 18.0. The second-order valence-corrected chi connectivity index (χ2v) is 42.3. The number of benzene rings is 7. The average molecular weight is 1760 g/mol. The molecule has 7 aromatic carbocycles. The standard InChI is InChI=1S/C50H34N4.C28H27BN2O2.C5H3Br2N.I3.H2O/c1-2-9-35(10-3-1)43-23-44(25-46(24-43)40-15-6-18-51-30-40)36-11-4-13-38(21-36)49-29-50(34-54-33-49)39-14-5-12-37(22-39)45-26-47(41-16-7-19-52-31-41)28-48(27-45)42-17-8-20-53-32-42;1-27(2)28(3,4)33-29(32-27)26-11-5-8-20(17-26)23-14-24(21-9-6-12-30-18-21)16-25(15-23)22-10-7-13-31-19-22;6-4-1-5(7)3-8-2-4;1-3-2;/h1-34H;5-19H,1-4H3;1-3H;;1H2/q;;;-1;. The van der Waals surface area contributed by atoms with Crippen molar-refractivity contribution in [1.82, 2.24) is 34.9 Å². The fourth-order valence-electron chi connectivity index (χ4n) is 11.4. The Hall–Kier alpha value is -8.32. The van der Waals surface area contributed by atoms with E-state index in [9.17, 15) is 0 Å². The Labute approximate surface area is 625 Å². The van der Waals surface area contributed by atoms with Crippen molar-refractivity contribution in [3.05, 3.63) is 326 Å². The van der Waals surface area contributed by atoms with Crippen LogP contribution in [0.1, 0.15) is 27.7 Å². The fourth-order valence-corrected chi connectivity index (χ4v) is 12.5. The molecular formula is C83H66BBr2I3N7O3-. The van der Waals surface area contributed by atoms with Crippen molar-refractivity contribution < 1.29 is 28.0 Å². The molecule has 7 aromatic heterocycles. The predicted octanol–water partition coefficient (Wildman–Crippen LogP) is 18.9. The van der Waals surface area contributed by atoms with Crippen molar-refractivity contribution in [2.75, 3.05) is 0 Å². The van der Waals surface area contributed by atoms with Gasteiger partial charge in [-0.1, -0.05) is 121 Å². The number of pyridine rings is 7. The van der Waals surface area contributed by atoms with E-state index in [1.54, 1.807) is 37.2 Å². The summed E-state index contributed by atoms with van der Waals surface area (Å²) >= 11 is 11.8. The molecule has 15 rings (SSSR count). The van der Waals surface area contributed by atoms with E-state index >= 15 is 0 Å². The topological polar surface area (TPSA) is 140 Å². The minimum atomic E-state index is -0.394. The number of hydrogen-bond donors (Lipinski definition) is 0. The second kappa shape index (κ2) is 34.2. The van der Waals surface area contributed by atoms with Crippen LogP contribution in [0.4, 0.5) is 0 Å². The molecule has 14 aromatic rings. The number of nitrogens with zero attached hydrogens (tertiary/aromatic N) is 7. The van der Waals surface area contributed by atoms with Crippen LogP contribution in [0.25, 0.3) is 122 Å². The van der Waals surface area contributed by atoms with E-state index < -0.39 is 7.12 Å². The summed E-state index contributed by atoms with van der Waals surface area (Å²) in [4.78, 5) is 30.4. The Balaban J connectivity index is 0.000000186. The molecule has 0 atom stereocenters. The molecule has 0 radical (unpaired) electrons. The molecule has 1 fully saturated rings. The zero-order valence-electron chi connectivity index (χ0n) is 54.4. The first-order chi connectivity index (χ1) is 47.8. The van der Waals surface area contributed by atoms with Gasteiger partial charge in [0.15, 0.2) is 0 Å². The van der Waals surface area contributed by atoms with Gasteiger partial charge in [0.25, 0.3) is 0 Å². The van der Waals surface area contributed by atoms with Gasteiger partial charge in [-0.2, -0.15) is 0 Å². The number of hydrogen-bond acceptors (Lipinski definition) is 9. The van der Waals surface area contributed by atoms with Crippen LogP contribution < -0.4 is 18.7 Å². The molecule has 99 heavy (non-hydrogen) atoms. The molecule has 0 aliphatic carbocycles. The molecule has 2 N–H and O–H groups in total. The number of rotatable bonds is 12. The van der Waals surface area contributed by atoms with E-state index in [4.69, 9.17) is 14.3 Å². The molecule has 490 valence electrons. The van der Waals surface area contributed by atoms with E-state index in [1.807, 2.05) is 86.0 Å². The SMILES string of the molecule is Brc1cncc(Br)c1.CC1(C)OB(c2cccc(-c3cc(-c4cccnc4)cc(-c4cccnc4)c3)c2)OC1(C)C.I[I-]I.O.c1ccc(-c2cc(-c3cccnc3)cc(-c3cccc(-c4cncc(-c5cccc(-c6cc(-c7cccnc7)cc(-c7cccnc7)c6)c5)c4)c3)c2)cc1. The third-order valence-electron chi connectivity index (χ3n) is 17.1. The zero-order chi connectivity index (χ0) is 67.9. The minimum absolute atomic E-state index is 0. The third kappa shape index (κ3) is 18.6. The summed E-state index contributed by atoms with van der Waals surface area (Å²) in [6.07, 6.45) is 25.9. The van der Waals surface area contributed by atoms with Crippen LogP contribution >= 0.6 is 69.1 Å². The second-order valence-electron chi connectivity index (χ2n) is 24.2. The summed E-state index contributed by atoms with van der Waals surface area (Å²) in [6.45, 7) is 8.31. The van der Waals surface area contributed by atoms with Gasteiger partial charge in [-0.25, -0.2) is 0 Å². The minimum Gasteiger partial charge on any atom is -0.412 e. The molecule has 16 heteroatoms. The van der Waals surface area contributed by atoms with Gasteiger partial charge in [0.2, 0.25) is 0 Å². The van der Waals surface area contributed by atoms with Crippen LogP contribution in [0, 0.1) is 0 Å². The molecule has 1 saturated heterocycles. The summed E-state index contributed by atoms with van der Waals surface area (Å²) in [5.74, 6) is 0. The Kier molecular flexibility index (Phi) is 24.8. The van der Waals surface area contributed by atoms with Gasteiger partial charge in [-0.3, -0.25) is 34.9 Å². The van der Waals surface area contributed by atoms with E-state index in [2.05, 4.69) is 321 Å². The first-order valence-corrected chi connectivity index (χ1v) is 45.7. The quantitative estimate of drug-likeness (QED) is 0.0863. The van der Waals surface area contributed by atoms with Crippen molar-refractivity contribution >= 4 is 81.7 Å². The van der Waals surface area contributed by atoms with Crippen molar-refractivity contribution in [2.45, 2.75) is 38.9 Å². The largest absolute Gasteiger partial charge is 0.412 e. The summed E-state index contributed by atoms with van der Waals surface area (Å²) in [6, 6.07) is 81.0. The van der Waals surface area contributed by atoms with E-state index in [0.29, 0.717) is 13.3 Å². The summed E-state index contributed by atoms with van der Waals surface area (Å²) in [5.41, 5.74) is 24.6. The van der Waals surface area contributed by atoms with Crippen molar-refractivity contribution in [2.24, 2.45) is 0 Å². The number of aromatic nitrogens is 7. The Bertz CT molecular complexity index is 4590. The zero-order valence-corrected chi connectivity index (χ0v) is 64.1. The van der Waals surface area contributed by atoms with E-state index in [-0.39, 0.29) is 16.7 Å². The average Bonchev–Trinajstić information content (AvgIpc) is 1.79. The van der Waals surface area contributed by atoms with Crippen molar-refractivity contribution in [3.8, 4) is 122 Å². The van der Waals surface area contributed by atoms with Gasteiger partial charge in [0, 0.05) is 135 Å². The monoisotopic (exact) mass is 1760 g/mol. The van der Waals surface area contributed by atoms with Gasteiger partial charge in [-0.15, -0.1) is 0 Å². The van der Waals surface area contributed by atoms with Crippen LogP contribution in [0.5, 0.6) is 0 Å². The molecule has 0 unspecified atom stereocenters. The Morgan fingerprint density at radius 3 is 0.828 bits per heavy atom. The van der Waals surface area contributed by atoms with E-state index in [0.717, 1.165) is 126 Å². The Morgan fingerprint density at radius 1 is 0.273 bits per heavy atom. The summed E-state index contributed by atoms with van der Waals surface area (Å²) in [7, 11) is -0.394. The Morgan fingerprint density at radius 2 is 0.515 bits per heavy atom. The van der Waals surface area contributed by atoms with Crippen molar-refractivity contribution in [3.63, 3.8) is 0 Å². The maximum atomic E-state index is 6.29. The van der Waals surface area contributed by atoms with Crippen LogP contribution in [-0.4, -0.2) is 58.7 Å². The first-order valence-electron chi connectivity index (χ1n) is 31.5. The van der Waals surface area contributed by atoms with Crippen LogP contribution in [0.2, 0.25) is 0 Å². The predicted molar refractivity (Wildman–Crippen MR) is 426 cm³/mol. The molecule has 1 aliphatic heterocycles. The van der Waals surface area contributed by atoms with Gasteiger partial charge in [-0.05, 0) is 258 Å². The molecular weight excluding hydrogens is 1690 g/mol. The summed E-state index contributed by atoms with van der Waals surface area (Å²) < 4.78 is 14.6. The maximum Gasteiger partial charge on any atom is 0.0346 e. The molecule has 8 heterocycles.